The van der Waals surface area contributed by atoms with Gasteiger partial charge >= 0.3 is 0 Å². The Bertz CT molecular complexity index is 1160. The van der Waals surface area contributed by atoms with Gasteiger partial charge in [0.05, 0.1) is 0 Å². The predicted molar refractivity (Wildman–Crippen MR) is 105 cm³/mol. The maximum atomic E-state index is 13.7. The zero-order chi connectivity index (χ0) is 20.5. The van der Waals surface area contributed by atoms with E-state index in [9.17, 15) is 18.8 Å². The summed E-state index contributed by atoms with van der Waals surface area (Å²) in [6, 6.07) is 17.0. The van der Waals surface area contributed by atoms with Crippen LogP contribution in [0.15, 0.2) is 66.7 Å². The highest BCUT2D eigenvalue weighted by Crippen LogP contribution is 2.29. The van der Waals surface area contributed by atoms with Crippen molar-refractivity contribution >= 4 is 23.2 Å². The number of ketones is 2. The summed E-state index contributed by atoms with van der Waals surface area (Å²) in [4.78, 5) is 37.8. The normalized spacial score (nSPS) is 13.3. The summed E-state index contributed by atoms with van der Waals surface area (Å²) in [6.45, 7) is 1.49. The average molecular weight is 389 g/mol. The van der Waals surface area contributed by atoms with Gasteiger partial charge in [0.2, 0.25) is 0 Å². The van der Waals surface area contributed by atoms with E-state index in [1.54, 1.807) is 36.4 Å². The molecule has 0 bridgehead atoms. The van der Waals surface area contributed by atoms with Gasteiger partial charge in [0.25, 0.3) is 5.91 Å². The molecule has 1 aliphatic rings. The van der Waals surface area contributed by atoms with Crippen molar-refractivity contribution < 1.29 is 23.5 Å². The Balaban J connectivity index is 1.55. The minimum atomic E-state index is -0.971. The van der Waals surface area contributed by atoms with E-state index in [1.807, 2.05) is 0 Å². The molecule has 1 atom stereocenters. The molecule has 0 aliphatic heterocycles. The summed E-state index contributed by atoms with van der Waals surface area (Å²) in [5.41, 5.74) is 1.58. The topological polar surface area (TPSA) is 72.5 Å². The van der Waals surface area contributed by atoms with Gasteiger partial charge in [-0.05, 0) is 37.3 Å². The molecular weight excluding hydrogens is 373 g/mol. The van der Waals surface area contributed by atoms with Crippen molar-refractivity contribution in [2.45, 2.75) is 13.0 Å². The number of halogens is 1. The first-order valence-corrected chi connectivity index (χ1v) is 9.00. The van der Waals surface area contributed by atoms with Crippen LogP contribution in [0.4, 0.5) is 10.1 Å². The molecule has 5 nitrogen and oxygen atoms in total. The van der Waals surface area contributed by atoms with Crippen LogP contribution in [0.5, 0.6) is 5.75 Å². The molecule has 0 saturated carbocycles. The van der Waals surface area contributed by atoms with Gasteiger partial charge in [-0.3, -0.25) is 14.4 Å². The lowest BCUT2D eigenvalue weighted by Gasteiger charge is -2.19. The van der Waals surface area contributed by atoms with Crippen molar-refractivity contribution in [3.05, 3.63) is 94.8 Å². The fourth-order valence-electron chi connectivity index (χ4n) is 3.21. The molecule has 0 heterocycles. The zero-order valence-corrected chi connectivity index (χ0v) is 15.4. The molecule has 0 unspecified atom stereocenters. The number of carbonyl (C=O) groups is 3. The zero-order valence-electron chi connectivity index (χ0n) is 15.4. The molecule has 0 radical (unpaired) electrons. The molecule has 3 aromatic rings. The number of benzene rings is 3. The van der Waals surface area contributed by atoms with Crippen LogP contribution in [-0.4, -0.2) is 23.6 Å². The summed E-state index contributed by atoms with van der Waals surface area (Å²) in [5, 5.41) is 2.64. The molecule has 1 N–H and O–H groups in total. The lowest BCUT2D eigenvalue weighted by atomic mass is 9.84. The van der Waals surface area contributed by atoms with Crippen LogP contribution in [0.25, 0.3) is 0 Å². The summed E-state index contributed by atoms with van der Waals surface area (Å²) in [6.07, 6.45) is -0.971. The van der Waals surface area contributed by atoms with E-state index >= 15 is 0 Å². The number of carbonyl (C=O) groups excluding carboxylic acids is 3. The van der Waals surface area contributed by atoms with E-state index in [2.05, 4.69) is 5.32 Å². The first kappa shape index (κ1) is 18.6. The standard InChI is InChI=1S/C23H16FNO4/c1-13(29-20-9-5-4-8-19(20)24)23(28)25-14-10-11-17-18(12-14)22(27)16-7-3-2-6-15(16)21(17)26/h2-13H,1H3,(H,25,28)/t13-/m0/s1. The summed E-state index contributed by atoms with van der Waals surface area (Å²) in [5.74, 6) is -1.61. The van der Waals surface area contributed by atoms with Crippen LogP contribution in [0, 0.1) is 5.82 Å². The van der Waals surface area contributed by atoms with E-state index in [-0.39, 0.29) is 22.9 Å². The van der Waals surface area contributed by atoms with Gasteiger partial charge in [-0.2, -0.15) is 0 Å². The third-order valence-corrected chi connectivity index (χ3v) is 4.70. The van der Waals surface area contributed by atoms with Gasteiger partial charge in [-0.15, -0.1) is 0 Å². The van der Waals surface area contributed by atoms with Crippen LogP contribution in [-0.2, 0) is 4.79 Å². The second kappa shape index (κ2) is 7.31. The van der Waals surface area contributed by atoms with Crippen LogP contribution in [0.2, 0.25) is 0 Å². The number of anilines is 1. The van der Waals surface area contributed by atoms with E-state index in [0.29, 0.717) is 22.4 Å². The fraction of sp³-hybridized carbons (Fsp3) is 0.0870. The SMILES string of the molecule is C[C@H](Oc1ccccc1F)C(=O)Nc1ccc2c(c1)C(=O)c1ccccc1C2=O. The summed E-state index contributed by atoms with van der Waals surface area (Å²) in [7, 11) is 0. The first-order chi connectivity index (χ1) is 14.0. The van der Waals surface area contributed by atoms with Gasteiger partial charge in [0.1, 0.15) is 0 Å². The number of rotatable bonds is 4. The van der Waals surface area contributed by atoms with Gasteiger partial charge in [-0.1, -0.05) is 36.4 Å². The van der Waals surface area contributed by atoms with Gasteiger partial charge in [0.15, 0.2) is 29.2 Å². The second-order valence-corrected chi connectivity index (χ2v) is 6.64. The number of para-hydroxylation sites is 1. The molecule has 29 heavy (non-hydrogen) atoms. The van der Waals surface area contributed by atoms with Gasteiger partial charge in [0, 0.05) is 27.9 Å². The number of ether oxygens (including phenoxy) is 1. The Labute approximate surface area is 166 Å². The predicted octanol–water partition coefficient (Wildman–Crippen LogP) is 4.01. The Morgan fingerprint density at radius 1 is 0.862 bits per heavy atom. The Kier molecular flexibility index (Phi) is 4.68. The fourth-order valence-corrected chi connectivity index (χ4v) is 3.21. The van der Waals surface area contributed by atoms with Crippen molar-refractivity contribution in [1.82, 2.24) is 0 Å². The highest BCUT2D eigenvalue weighted by Gasteiger charge is 2.29. The molecule has 0 saturated heterocycles. The number of nitrogens with one attached hydrogen (secondary N) is 1. The quantitative estimate of drug-likeness (QED) is 0.573. The van der Waals surface area contributed by atoms with Crippen molar-refractivity contribution in [2.24, 2.45) is 0 Å². The average Bonchev–Trinajstić information content (AvgIpc) is 2.73. The number of amides is 1. The molecule has 6 heteroatoms. The third-order valence-electron chi connectivity index (χ3n) is 4.70. The van der Waals surface area contributed by atoms with Gasteiger partial charge < -0.3 is 10.1 Å². The van der Waals surface area contributed by atoms with Crippen LogP contribution < -0.4 is 10.1 Å². The van der Waals surface area contributed by atoms with Crippen molar-refractivity contribution in [3.63, 3.8) is 0 Å². The minimum Gasteiger partial charge on any atom is -0.478 e. The molecule has 1 amide bonds. The van der Waals surface area contributed by atoms with Gasteiger partial charge in [-0.25, -0.2) is 4.39 Å². The van der Waals surface area contributed by atoms with E-state index < -0.39 is 17.8 Å². The molecule has 4 rings (SSSR count). The Hall–Kier alpha value is -3.80. The molecule has 144 valence electrons. The Morgan fingerprint density at radius 3 is 2.14 bits per heavy atom. The summed E-state index contributed by atoms with van der Waals surface area (Å²) >= 11 is 0. The minimum absolute atomic E-state index is 0.0297. The molecular formula is C23H16FNO4. The number of hydrogen-bond donors (Lipinski definition) is 1. The highest BCUT2D eigenvalue weighted by atomic mass is 19.1. The molecule has 0 spiro atoms. The molecule has 0 fully saturated rings. The maximum Gasteiger partial charge on any atom is 0.265 e. The van der Waals surface area contributed by atoms with Crippen LogP contribution in [0.3, 0.4) is 0 Å². The van der Waals surface area contributed by atoms with Crippen LogP contribution in [0.1, 0.15) is 38.8 Å². The van der Waals surface area contributed by atoms with Crippen molar-refractivity contribution in [1.29, 1.82) is 0 Å². The highest BCUT2D eigenvalue weighted by molar-refractivity contribution is 6.28. The second-order valence-electron chi connectivity index (χ2n) is 6.64. The largest absolute Gasteiger partial charge is 0.478 e. The maximum absolute atomic E-state index is 13.7. The van der Waals surface area contributed by atoms with E-state index in [4.69, 9.17) is 4.74 Å². The summed E-state index contributed by atoms with van der Waals surface area (Å²) < 4.78 is 19.1. The van der Waals surface area contributed by atoms with Crippen LogP contribution >= 0.6 is 0 Å². The van der Waals surface area contributed by atoms with Crippen molar-refractivity contribution in [3.8, 4) is 5.75 Å². The smallest absolute Gasteiger partial charge is 0.265 e. The van der Waals surface area contributed by atoms with Crippen molar-refractivity contribution in [2.75, 3.05) is 5.32 Å². The lowest BCUT2D eigenvalue weighted by Crippen LogP contribution is -2.30. The number of hydrogen-bond acceptors (Lipinski definition) is 4. The lowest BCUT2D eigenvalue weighted by molar-refractivity contribution is -0.122. The molecule has 1 aliphatic carbocycles. The monoisotopic (exact) mass is 389 g/mol. The Morgan fingerprint density at radius 2 is 1.45 bits per heavy atom. The third kappa shape index (κ3) is 3.40. The molecule has 0 aromatic heterocycles. The van der Waals surface area contributed by atoms with E-state index in [0.717, 1.165) is 0 Å². The first-order valence-electron chi connectivity index (χ1n) is 9.00. The van der Waals surface area contributed by atoms with E-state index in [1.165, 1.54) is 37.3 Å². The number of fused-ring (bicyclic) bond motifs is 2. The molecule has 3 aromatic carbocycles.